The number of piperazine rings is 1. The van der Waals surface area contributed by atoms with Crippen molar-refractivity contribution in [3.8, 4) is 0 Å². The minimum Gasteiger partial charge on any atom is -0.311 e. The number of hydrogen-bond donors (Lipinski definition) is 1. The number of benzene rings is 1. The van der Waals surface area contributed by atoms with Crippen molar-refractivity contribution < 1.29 is 0 Å². The molecular formula is C16H27N3. The van der Waals surface area contributed by atoms with Gasteiger partial charge in [-0.05, 0) is 37.6 Å². The third kappa shape index (κ3) is 4.60. The van der Waals surface area contributed by atoms with Gasteiger partial charge in [-0.3, -0.25) is 4.90 Å². The fourth-order valence-electron chi connectivity index (χ4n) is 2.45. The molecule has 1 N–H and O–H groups in total. The number of hydrogen-bond acceptors (Lipinski definition) is 3. The average Bonchev–Trinajstić information content (AvgIpc) is 2.41. The van der Waals surface area contributed by atoms with E-state index in [1.54, 1.807) is 0 Å². The van der Waals surface area contributed by atoms with Crippen LogP contribution >= 0.6 is 0 Å². The first kappa shape index (κ1) is 14.5. The molecule has 1 aliphatic rings. The van der Waals surface area contributed by atoms with E-state index in [0.717, 1.165) is 13.1 Å². The van der Waals surface area contributed by atoms with Crippen molar-refractivity contribution in [2.75, 3.05) is 46.3 Å². The van der Waals surface area contributed by atoms with Crippen LogP contribution in [0.1, 0.15) is 16.7 Å². The van der Waals surface area contributed by atoms with Crippen LogP contribution in [0.4, 0.5) is 0 Å². The third-order valence-corrected chi connectivity index (χ3v) is 4.10. The van der Waals surface area contributed by atoms with Crippen LogP contribution in [-0.2, 0) is 6.54 Å². The Morgan fingerprint density at radius 1 is 1.05 bits per heavy atom. The van der Waals surface area contributed by atoms with Crippen molar-refractivity contribution in [3.05, 3.63) is 34.9 Å². The molecule has 1 fully saturated rings. The molecule has 19 heavy (non-hydrogen) atoms. The van der Waals surface area contributed by atoms with Crippen LogP contribution in [0.2, 0.25) is 0 Å². The summed E-state index contributed by atoms with van der Waals surface area (Å²) in [5.41, 5.74) is 4.15. The third-order valence-electron chi connectivity index (χ3n) is 4.10. The summed E-state index contributed by atoms with van der Waals surface area (Å²) < 4.78 is 0. The van der Waals surface area contributed by atoms with E-state index in [9.17, 15) is 0 Å². The van der Waals surface area contributed by atoms with E-state index in [2.05, 4.69) is 54.2 Å². The zero-order valence-electron chi connectivity index (χ0n) is 12.6. The molecule has 0 aromatic heterocycles. The first-order chi connectivity index (χ1) is 9.15. The summed E-state index contributed by atoms with van der Waals surface area (Å²) in [6.45, 7) is 12.4. The summed E-state index contributed by atoms with van der Waals surface area (Å²) in [5, 5.41) is 3.55. The van der Waals surface area contributed by atoms with Crippen LogP contribution in [0.3, 0.4) is 0 Å². The van der Waals surface area contributed by atoms with Gasteiger partial charge in [0.05, 0.1) is 0 Å². The molecular weight excluding hydrogens is 234 g/mol. The molecule has 1 heterocycles. The number of aryl methyl sites for hydroxylation is 2. The first-order valence-electron chi connectivity index (χ1n) is 7.33. The van der Waals surface area contributed by atoms with Gasteiger partial charge < -0.3 is 10.2 Å². The monoisotopic (exact) mass is 261 g/mol. The Hall–Kier alpha value is -0.900. The van der Waals surface area contributed by atoms with Gasteiger partial charge in [0.25, 0.3) is 0 Å². The normalized spacial score (nSPS) is 17.8. The molecule has 0 aliphatic carbocycles. The highest BCUT2D eigenvalue weighted by Gasteiger charge is 2.12. The van der Waals surface area contributed by atoms with Gasteiger partial charge in [0, 0.05) is 45.8 Å². The van der Waals surface area contributed by atoms with Crippen molar-refractivity contribution >= 4 is 0 Å². The molecule has 0 saturated carbocycles. The van der Waals surface area contributed by atoms with Gasteiger partial charge in [0.15, 0.2) is 0 Å². The zero-order valence-corrected chi connectivity index (χ0v) is 12.6. The second-order valence-electron chi connectivity index (χ2n) is 5.74. The molecule has 106 valence electrons. The zero-order chi connectivity index (χ0) is 13.7. The van der Waals surface area contributed by atoms with E-state index in [1.165, 1.54) is 49.4 Å². The van der Waals surface area contributed by atoms with Crippen molar-refractivity contribution in [2.45, 2.75) is 20.4 Å². The number of rotatable bonds is 5. The van der Waals surface area contributed by atoms with Crippen LogP contribution in [0.5, 0.6) is 0 Å². The van der Waals surface area contributed by atoms with Gasteiger partial charge in [0.2, 0.25) is 0 Å². The summed E-state index contributed by atoms with van der Waals surface area (Å²) in [6.07, 6.45) is 0. The van der Waals surface area contributed by atoms with Crippen LogP contribution in [0.15, 0.2) is 18.2 Å². The SMILES string of the molecule is Cc1ccc(CNCCN2CCN(C)CC2)cc1C. The molecule has 1 aromatic rings. The molecule has 0 amide bonds. The number of likely N-dealkylation sites (N-methyl/N-ethyl adjacent to an activating group) is 1. The predicted molar refractivity (Wildman–Crippen MR) is 81.6 cm³/mol. The highest BCUT2D eigenvalue weighted by Crippen LogP contribution is 2.09. The minimum absolute atomic E-state index is 0.981. The Bertz CT molecular complexity index is 395. The molecule has 1 saturated heterocycles. The Labute approximate surface area is 117 Å². The average molecular weight is 261 g/mol. The molecule has 0 radical (unpaired) electrons. The van der Waals surface area contributed by atoms with Crippen LogP contribution in [-0.4, -0.2) is 56.1 Å². The first-order valence-corrected chi connectivity index (χ1v) is 7.33. The molecule has 1 aromatic carbocycles. The number of nitrogens with one attached hydrogen (secondary N) is 1. The lowest BCUT2D eigenvalue weighted by atomic mass is 10.1. The predicted octanol–water partition coefficient (Wildman–Crippen LogP) is 1.64. The maximum atomic E-state index is 3.55. The molecule has 1 aliphatic heterocycles. The Morgan fingerprint density at radius 3 is 2.47 bits per heavy atom. The van der Waals surface area contributed by atoms with E-state index in [4.69, 9.17) is 0 Å². The molecule has 0 unspecified atom stereocenters. The molecule has 0 bridgehead atoms. The highest BCUT2D eigenvalue weighted by atomic mass is 15.2. The maximum absolute atomic E-state index is 3.55. The summed E-state index contributed by atoms with van der Waals surface area (Å²) in [4.78, 5) is 4.95. The topological polar surface area (TPSA) is 18.5 Å². The lowest BCUT2D eigenvalue weighted by Gasteiger charge is -2.32. The smallest absolute Gasteiger partial charge is 0.0206 e. The van der Waals surface area contributed by atoms with E-state index in [-0.39, 0.29) is 0 Å². The van der Waals surface area contributed by atoms with Crippen LogP contribution < -0.4 is 5.32 Å². The van der Waals surface area contributed by atoms with Gasteiger partial charge in [-0.2, -0.15) is 0 Å². The van der Waals surface area contributed by atoms with Gasteiger partial charge in [0.1, 0.15) is 0 Å². The molecule has 2 rings (SSSR count). The van der Waals surface area contributed by atoms with E-state index in [0.29, 0.717) is 0 Å². The summed E-state index contributed by atoms with van der Waals surface area (Å²) in [5.74, 6) is 0. The van der Waals surface area contributed by atoms with Crippen LogP contribution in [0.25, 0.3) is 0 Å². The van der Waals surface area contributed by atoms with Crippen molar-refractivity contribution in [3.63, 3.8) is 0 Å². The van der Waals surface area contributed by atoms with Crippen molar-refractivity contribution in [1.82, 2.24) is 15.1 Å². The Morgan fingerprint density at radius 2 is 1.79 bits per heavy atom. The van der Waals surface area contributed by atoms with E-state index >= 15 is 0 Å². The molecule has 0 spiro atoms. The standard InChI is InChI=1S/C16H27N3/c1-14-4-5-16(12-15(14)2)13-17-6-7-19-10-8-18(3)9-11-19/h4-5,12,17H,6-11,13H2,1-3H3. The second kappa shape index (κ2) is 7.04. The maximum Gasteiger partial charge on any atom is 0.0206 e. The minimum atomic E-state index is 0.981. The van der Waals surface area contributed by atoms with Crippen molar-refractivity contribution in [2.24, 2.45) is 0 Å². The van der Waals surface area contributed by atoms with Gasteiger partial charge in [-0.1, -0.05) is 18.2 Å². The van der Waals surface area contributed by atoms with E-state index < -0.39 is 0 Å². The molecule has 3 nitrogen and oxygen atoms in total. The van der Waals surface area contributed by atoms with E-state index in [1.807, 2.05) is 0 Å². The van der Waals surface area contributed by atoms with Crippen LogP contribution in [0, 0.1) is 13.8 Å². The van der Waals surface area contributed by atoms with Gasteiger partial charge >= 0.3 is 0 Å². The van der Waals surface area contributed by atoms with Gasteiger partial charge in [-0.15, -0.1) is 0 Å². The quantitative estimate of drug-likeness (QED) is 0.813. The second-order valence-corrected chi connectivity index (χ2v) is 5.74. The highest BCUT2D eigenvalue weighted by molar-refractivity contribution is 5.29. The lowest BCUT2D eigenvalue weighted by Crippen LogP contribution is -2.46. The van der Waals surface area contributed by atoms with Crippen molar-refractivity contribution in [1.29, 1.82) is 0 Å². The fourth-order valence-corrected chi connectivity index (χ4v) is 2.45. The van der Waals surface area contributed by atoms with Gasteiger partial charge in [-0.25, -0.2) is 0 Å². The Balaban J connectivity index is 1.65. The fraction of sp³-hybridized carbons (Fsp3) is 0.625. The molecule has 0 atom stereocenters. The Kier molecular flexibility index (Phi) is 5.37. The number of nitrogens with zero attached hydrogens (tertiary/aromatic N) is 2. The lowest BCUT2D eigenvalue weighted by molar-refractivity contribution is 0.154. The largest absolute Gasteiger partial charge is 0.311 e. The summed E-state index contributed by atoms with van der Waals surface area (Å²) in [6, 6.07) is 6.73. The molecule has 3 heteroatoms. The summed E-state index contributed by atoms with van der Waals surface area (Å²) in [7, 11) is 2.20. The summed E-state index contributed by atoms with van der Waals surface area (Å²) >= 11 is 0.